The van der Waals surface area contributed by atoms with Crippen LogP contribution >= 0.6 is 23.1 Å². The zero-order chi connectivity index (χ0) is 18.2. The Hall–Kier alpha value is -1.73. The van der Waals surface area contributed by atoms with Crippen LogP contribution in [0.2, 0.25) is 0 Å². The molecule has 1 fully saturated rings. The zero-order valence-corrected chi connectivity index (χ0v) is 16.6. The number of benzene rings is 1. The van der Waals surface area contributed by atoms with Crippen molar-refractivity contribution < 1.29 is 4.39 Å². The van der Waals surface area contributed by atoms with Gasteiger partial charge in [-0.3, -0.25) is 4.99 Å². The molecule has 2 heterocycles. The number of aliphatic imine (C=N–C) groups is 1. The van der Waals surface area contributed by atoms with Gasteiger partial charge in [0.1, 0.15) is 5.82 Å². The molecule has 3 rings (SSSR count). The molecule has 140 valence electrons. The van der Waals surface area contributed by atoms with Crippen molar-refractivity contribution in [1.82, 2.24) is 10.6 Å². The number of nitrogens with zero attached hydrogens (tertiary/aromatic N) is 2. The Kier molecular flexibility index (Phi) is 7.20. The fraction of sp³-hybridized carbons (Fsp3) is 0.421. The van der Waals surface area contributed by atoms with Crippen molar-refractivity contribution in [3.05, 3.63) is 47.6 Å². The van der Waals surface area contributed by atoms with Gasteiger partial charge < -0.3 is 15.5 Å². The number of piperidine rings is 1. The van der Waals surface area contributed by atoms with E-state index in [1.165, 1.54) is 17.1 Å². The Bertz CT molecular complexity index is 680. The molecular weight excluding hydrogens is 367 g/mol. The highest BCUT2D eigenvalue weighted by Crippen LogP contribution is 2.24. The molecule has 0 amide bonds. The van der Waals surface area contributed by atoms with Crippen molar-refractivity contribution in [3.8, 4) is 0 Å². The van der Waals surface area contributed by atoms with Crippen molar-refractivity contribution in [3.63, 3.8) is 0 Å². The third-order valence-corrected chi connectivity index (χ3v) is 6.30. The van der Waals surface area contributed by atoms with Gasteiger partial charge in [0.25, 0.3) is 0 Å². The lowest BCUT2D eigenvalue weighted by atomic mass is 10.1. The van der Waals surface area contributed by atoms with Crippen LogP contribution in [-0.2, 0) is 0 Å². The fourth-order valence-electron chi connectivity index (χ4n) is 2.95. The van der Waals surface area contributed by atoms with Crippen LogP contribution in [0.25, 0.3) is 0 Å². The molecule has 1 saturated heterocycles. The van der Waals surface area contributed by atoms with Gasteiger partial charge in [-0.15, -0.1) is 23.1 Å². The molecule has 0 bridgehead atoms. The first-order valence-electron chi connectivity index (χ1n) is 8.88. The van der Waals surface area contributed by atoms with Gasteiger partial charge >= 0.3 is 0 Å². The summed E-state index contributed by atoms with van der Waals surface area (Å²) >= 11 is 3.52. The first-order chi connectivity index (χ1) is 12.7. The van der Waals surface area contributed by atoms with Gasteiger partial charge in [0.05, 0.1) is 5.00 Å². The number of anilines is 1. The van der Waals surface area contributed by atoms with E-state index in [1.807, 2.05) is 30.5 Å². The fourth-order valence-corrected chi connectivity index (χ4v) is 4.50. The van der Waals surface area contributed by atoms with Gasteiger partial charge in [-0.1, -0.05) is 0 Å². The summed E-state index contributed by atoms with van der Waals surface area (Å²) in [5.74, 6) is 1.57. The summed E-state index contributed by atoms with van der Waals surface area (Å²) in [6, 6.07) is 11.4. The lowest BCUT2D eigenvalue weighted by Gasteiger charge is -2.33. The smallest absolute Gasteiger partial charge is 0.191 e. The molecule has 1 aromatic heterocycles. The second-order valence-corrected chi connectivity index (χ2v) is 8.25. The Morgan fingerprint density at radius 3 is 2.69 bits per heavy atom. The number of guanidine groups is 1. The lowest BCUT2D eigenvalue weighted by Crippen LogP contribution is -2.49. The lowest BCUT2D eigenvalue weighted by molar-refractivity contribution is 0.463. The minimum Gasteiger partial charge on any atom is -0.363 e. The summed E-state index contributed by atoms with van der Waals surface area (Å²) < 4.78 is 12.9. The molecule has 0 aliphatic carbocycles. The SMILES string of the molecule is CN=C(NCCSc1ccc(F)cc1)NC1CCN(c2cccs2)CC1. The van der Waals surface area contributed by atoms with Crippen LogP contribution < -0.4 is 15.5 Å². The molecule has 7 heteroatoms. The molecule has 0 radical (unpaired) electrons. The molecule has 2 aromatic rings. The summed E-state index contributed by atoms with van der Waals surface area (Å²) in [4.78, 5) is 7.87. The van der Waals surface area contributed by atoms with Gasteiger partial charge in [0.15, 0.2) is 5.96 Å². The molecule has 1 aliphatic heterocycles. The summed E-state index contributed by atoms with van der Waals surface area (Å²) in [6.07, 6.45) is 2.23. The maximum absolute atomic E-state index is 12.9. The Morgan fingerprint density at radius 2 is 2.04 bits per heavy atom. The van der Waals surface area contributed by atoms with E-state index in [-0.39, 0.29) is 5.82 Å². The van der Waals surface area contributed by atoms with Crippen LogP contribution in [0, 0.1) is 5.82 Å². The monoisotopic (exact) mass is 392 g/mol. The molecule has 0 atom stereocenters. The Balaban J connectivity index is 1.35. The summed E-state index contributed by atoms with van der Waals surface area (Å²) in [5, 5.41) is 10.4. The number of hydrogen-bond donors (Lipinski definition) is 2. The van der Waals surface area contributed by atoms with Crippen LogP contribution in [-0.4, -0.2) is 44.4 Å². The molecule has 0 spiro atoms. The van der Waals surface area contributed by atoms with Gasteiger partial charge in [0, 0.05) is 43.4 Å². The average molecular weight is 393 g/mol. The van der Waals surface area contributed by atoms with Crippen LogP contribution in [0.4, 0.5) is 9.39 Å². The van der Waals surface area contributed by atoms with Crippen molar-refractivity contribution in [1.29, 1.82) is 0 Å². The van der Waals surface area contributed by atoms with E-state index in [0.717, 1.165) is 49.1 Å². The van der Waals surface area contributed by atoms with Crippen LogP contribution in [0.5, 0.6) is 0 Å². The molecule has 1 aromatic carbocycles. The van der Waals surface area contributed by atoms with E-state index >= 15 is 0 Å². The van der Waals surface area contributed by atoms with E-state index in [4.69, 9.17) is 0 Å². The highest BCUT2D eigenvalue weighted by atomic mass is 32.2. The highest BCUT2D eigenvalue weighted by Gasteiger charge is 2.20. The molecule has 4 nitrogen and oxygen atoms in total. The van der Waals surface area contributed by atoms with Crippen LogP contribution in [0.3, 0.4) is 0 Å². The van der Waals surface area contributed by atoms with E-state index in [1.54, 1.807) is 11.8 Å². The summed E-state index contributed by atoms with van der Waals surface area (Å²) in [7, 11) is 1.81. The Labute approximate surface area is 162 Å². The average Bonchev–Trinajstić information content (AvgIpc) is 3.21. The van der Waals surface area contributed by atoms with Gasteiger partial charge in [-0.25, -0.2) is 4.39 Å². The van der Waals surface area contributed by atoms with E-state index < -0.39 is 0 Å². The largest absolute Gasteiger partial charge is 0.363 e. The van der Waals surface area contributed by atoms with Crippen LogP contribution in [0.15, 0.2) is 51.7 Å². The minimum absolute atomic E-state index is 0.192. The molecule has 0 unspecified atom stereocenters. The molecule has 1 aliphatic rings. The number of hydrogen-bond acceptors (Lipinski definition) is 4. The van der Waals surface area contributed by atoms with Gasteiger partial charge in [0.2, 0.25) is 0 Å². The van der Waals surface area contributed by atoms with Crippen molar-refractivity contribution in [2.75, 3.05) is 37.3 Å². The maximum atomic E-state index is 12.9. The topological polar surface area (TPSA) is 39.7 Å². The summed E-state index contributed by atoms with van der Waals surface area (Å²) in [6.45, 7) is 2.97. The second kappa shape index (κ2) is 9.83. The minimum atomic E-state index is -0.192. The number of nitrogens with one attached hydrogen (secondary N) is 2. The maximum Gasteiger partial charge on any atom is 0.191 e. The molecule has 2 N–H and O–H groups in total. The van der Waals surface area contributed by atoms with Crippen LogP contribution in [0.1, 0.15) is 12.8 Å². The van der Waals surface area contributed by atoms with E-state index in [0.29, 0.717) is 6.04 Å². The normalized spacial score (nSPS) is 15.9. The molecular formula is C19H25FN4S2. The first-order valence-corrected chi connectivity index (χ1v) is 10.7. The Morgan fingerprint density at radius 1 is 1.27 bits per heavy atom. The molecule has 26 heavy (non-hydrogen) atoms. The number of thioether (sulfide) groups is 1. The number of thiophene rings is 1. The quantitative estimate of drug-likeness (QED) is 0.339. The van der Waals surface area contributed by atoms with Gasteiger partial charge in [-0.05, 0) is 54.6 Å². The first kappa shape index (κ1) is 19.0. The third kappa shape index (κ3) is 5.64. The third-order valence-electron chi connectivity index (χ3n) is 4.35. The van der Waals surface area contributed by atoms with E-state index in [9.17, 15) is 4.39 Å². The van der Waals surface area contributed by atoms with Crippen molar-refractivity contribution in [2.24, 2.45) is 4.99 Å². The second-order valence-electron chi connectivity index (χ2n) is 6.16. The van der Waals surface area contributed by atoms with Crippen molar-refractivity contribution >= 4 is 34.1 Å². The highest BCUT2D eigenvalue weighted by molar-refractivity contribution is 7.99. The standard InChI is InChI=1S/C19H25FN4S2/c1-21-19(22-10-14-25-17-6-4-15(20)5-7-17)23-16-8-11-24(12-9-16)18-3-2-13-26-18/h2-7,13,16H,8-12,14H2,1H3,(H2,21,22,23). The predicted molar refractivity (Wildman–Crippen MR) is 111 cm³/mol. The molecule has 0 saturated carbocycles. The predicted octanol–water partition coefficient (Wildman–Crippen LogP) is 3.81. The van der Waals surface area contributed by atoms with Gasteiger partial charge in [-0.2, -0.15) is 0 Å². The van der Waals surface area contributed by atoms with Crippen molar-refractivity contribution in [2.45, 2.75) is 23.8 Å². The number of rotatable bonds is 6. The van der Waals surface area contributed by atoms with E-state index in [2.05, 4.69) is 38.0 Å². The zero-order valence-electron chi connectivity index (χ0n) is 15.0. The summed E-state index contributed by atoms with van der Waals surface area (Å²) in [5.41, 5.74) is 0. The number of halogens is 1.